The molecule has 1 aliphatic heterocycles. The van der Waals surface area contributed by atoms with Crippen LogP contribution in [0.25, 0.3) is 0 Å². The predicted octanol–water partition coefficient (Wildman–Crippen LogP) is 0.273. The zero-order chi connectivity index (χ0) is 12.3. The summed E-state index contributed by atoms with van der Waals surface area (Å²) in [6.45, 7) is 2.23. The number of carbonyl (C=O) groups excluding carboxylic acids is 1. The molecule has 1 aromatic heterocycles. The van der Waals surface area contributed by atoms with Gasteiger partial charge in [-0.05, 0) is 12.5 Å². The predicted molar refractivity (Wildman–Crippen MR) is 62.7 cm³/mol. The highest BCUT2D eigenvalue weighted by molar-refractivity contribution is 5.69. The largest absolute Gasteiger partial charge is 0.448 e. The Morgan fingerprint density at radius 1 is 1.29 bits per heavy atom. The van der Waals surface area contributed by atoms with E-state index in [4.69, 9.17) is 10.5 Å². The second-order valence-electron chi connectivity index (χ2n) is 3.95. The fourth-order valence-corrected chi connectivity index (χ4v) is 1.79. The first kappa shape index (κ1) is 11.5. The van der Waals surface area contributed by atoms with Crippen molar-refractivity contribution in [2.75, 3.05) is 25.4 Å². The van der Waals surface area contributed by atoms with Gasteiger partial charge in [0.25, 0.3) is 5.56 Å². The van der Waals surface area contributed by atoms with Crippen molar-refractivity contribution in [3.05, 3.63) is 28.7 Å². The molecule has 6 heteroatoms. The molecule has 92 valence electrons. The number of anilines is 1. The Balaban J connectivity index is 1.87. The van der Waals surface area contributed by atoms with Crippen LogP contribution >= 0.6 is 0 Å². The minimum atomic E-state index is -0.273. The molecule has 0 radical (unpaired) electrons. The molecule has 17 heavy (non-hydrogen) atoms. The van der Waals surface area contributed by atoms with Crippen LogP contribution in [0.1, 0.15) is 6.42 Å². The standard InChI is InChI=1S/C11H15N3O3/c12-9-2-3-10(15)14(8-9)5-1-4-13-6-7-17-11(13)16/h2-3,8H,1,4-7,12H2. The van der Waals surface area contributed by atoms with E-state index in [1.807, 2.05) is 0 Å². The van der Waals surface area contributed by atoms with E-state index in [1.54, 1.807) is 21.7 Å². The molecule has 1 saturated heterocycles. The summed E-state index contributed by atoms with van der Waals surface area (Å²) in [6.07, 6.45) is 2.05. The summed E-state index contributed by atoms with van der Waals surface area (Å²) in [5, 5.41) is 0. The second kappa shape index (κ2) is 4.90. The summed E-state index contributed by atoms with van der Waals surface area (Å²) in [5.41, 5.74) is 6.08. The molecule has 2 heterocycles. The van der Waals surface area contributed by atoms with Crippen LogP contribution < -0.4 is 11.3 Å². The first-order chi connectivity index (χ1) is 8.16. The van der Waals surface area contributed by atoms with Crippen LogP contribution in [0.5, 0.6) is 0 Å². The molecule has 1 amide bonds. The molecule has 2 rings (SSSR count). The number of aromatic nitrogens is 1. The summed E-state index contributed by atoms with van der Waals surface area (Å²) in [5.74, 6) is 0. The Morgan fingerprint density at radius 3 is 2.82 bits per heavy atom. The average Bonchev–Trinajstić information content (AvgIpc) is 2.70. The van der Waals surface area contributed by atoms with Crippen molar-refractivity contribution >= 4 is 11.8 Å². The average molecular weight is 237 g/mol. The van der Waals surface area contributed by atoms with Gasteiger partial charge >= 0.3 is 6.09 Å². The van der Waals surface area contributed by atoms with Gasteiger partial charge in [0.15, 0.2) is 0 Å². The third-order valence-corrected chi connectivity index (χ3v) is 2.68. The molecule has 0 aromatic carbocycles. The molecule has 1 aliphatic rings. The summed E-state index contributed by atoms with van der Waals surface area (Å²) in [7, 11) is 0. The van der Waals surface area contributed by atoms with Crippen molar-refractivity contribution in [2.45, 2.75) is 13.0 Å². The van der Waals surface area contributed by atoms with Crippen molar-refractivity contribution in [1.82, 2.24) is 9.47 Å². The summed E-state index contributed by atoms with van der Waals surface area (Å²) in [6, 6.07) is 3.02. The fraction of sp³-hybridized carbons (Fsp3) is 0.455. The first-order valence-electron chi connectivity index (χ1n) is 5.54. The lowest BCUT2D eigenvalue weighted by Crippen LogP contribution is -2.27. The number of amides is 1. The Morgan fingerprint density at radius 2 is 2.12 bits per heavy atom. The van der Waals surface area contributed by atoms with E-state index in [-0.39, 0.29) is 11.7 Å². The molecule has 0 bridgehead atoms. The number of cyclic esters (lactones) is 1. The number of carbonyl (C=O) groups is 1. The molecule has 0 spiro atoms. The highest BCUT2D eigenvalue weighted by atomic mass is 16.6. The van der Waals surface area contributed by atoms with Crippen molar-refractivity contribution in [3.8, 4) is 0 Å². The normalized spacial score (nSPS) is 15.1. The second-order valence-corrected chi connectivity index (χ2v) is 3.95. The quantitative estimate of drug-likeness (QED) is 0.815. The third-order valence-electron chi connectivity index (χ3n) is 2.68. The maximum atomic E-state index is 11.5. The molecule has 0 saturated carbocycles. The van der Waals surface area contributed by atoms with Crippen molar-refractivity contribution < 1.29 is 9.53 Å². The SMILES string of the molecule is Nc1ccc(=O)n(CCCN2CCOC2=O)c1. The number of hydrogen-bond acceptors (Lipinski definition) is 4. The summed E-state index contributed by atoms with van der Waals surface area (Å²) in [4.78, 5) is 24.3. The Kier molecular flexibility index (Phi) is 3.32. The number of ether oxygens (including phenoxy) is 1. The van der Waals surface area contributed by atoms with Crippen LogP contribution in [0.4, 0.5) is 10.5 Å². The first-order valence-corrected chi connectivity index (χ1v) is 5.54. The van der Waals surface area contributed by atoms with Crippen molar-refractivity contribution in [1.29, 1.82) is 0 Å². The lowest BCUT2D eigenvalue weighted by atomic mass is 10.3. The highest BCUT2D eigenvalue weighted by Crippen LogP contribution is 2.04. The van der Waals surface area contributed by atoms with E-state index in [9.17, 15) is 9.59 Å². The van der Waals surface area contributed by atoms with Gasteiger partial charge < -0.3 is 19.9 Å². The van der Waals surface area contributed by atoms with Crippen LogP contribution in [0.2, 0.25) is 0 Å². The zero-order valence-corrected chi connectivity index (χ0v) is 9.46. The van der Waals surface area contributed by atoms with Gasteiger partial charge in [-0.3, -0.25) is 4.79 Å². The monoisotopic (exact) mass is 237 g/mol. The molecule has 0 aliphatic carbocycles. The zero-order valence-electron chi connectivity index (χ0n) is 9.46. The fourth-order valence-electron chi connectivity index (χ4n) is 1.79. The summed E-state index contributed by atoms with van der Waals surface area (Å²) < 4.78 is 6.36. The lowest BCUT2D eigenvalue weighted by Gasteiger charge is -2.12. The maximum absolute atomic E-state index is 11.5. The molecule has 1 aromatic rings. The number of pyridine rings is 1. The van der Waals surface area contributed by atoms with Gasteiger partial charge in [-0.25, -0.2) is 4.79 Å². The Bertz CT molecular complexity index is 469. The molecule has 0 unspecified atom stereocenters. The van der Waals surface area contributed by atoms with Gasteiger partial charge in [0.2, 0.25) is 0 Å². The van der Waals surface area contributed by atoms with Gasteiger partial charge in [0.05, 0.1) is 6.54 Å². The van der Waals surface area contributed by atoms with Crippen molar-refractivity contribution in [2.24, 2.45) is 0 Å². The number of aryl methyl sites for hydroxylation is 1. The van der Waals surface area contributed by atoms with Crippen molar-refractivity contribution in [3.63, 3.8) is 0 Å². The minimum absolute atomic E-state index is 0.0804. The number of nitrogen functional groups attached to an aromatic ring is 1. The van der Waals surface area contributed by atoms with E-state index >= 15 is 0 Å². The highest BCUT2D eigenvalue weighted by Gasteiger charge is 2.20. The molecule has 2 N–H and O–H groups in total. The van der Waals surface area contributed by atoms with Gasteiger partial charge in [0, 0.05) is 31.0 Å². The summed E-state index contributed by atoms with van der Waals surface area (Å²) >= 11 is 0. The number of rotatable bonds is 4. The number of hydrogen-bond donors (Lipinski definition) is 1. The minimum Gasteiger partial charge on any atom is -0.448 e. The van der Waals surface area contributed by atoms with E-state index in [0.717, 1.165) is 0 Å². The van der Waals surface area contributed by atoms with Crippen LogP contribution in [0.15, 0.2) is 23.1 Å². The van der Waals surface area contributed by atoms with Crippen LogP contribution in [-0.2, 0) is 11.3 Å². The third kappa shape index (κ3) is 2.77. The Labute approximate surface area is 98.6 Å². The van der Waals surface area contributed by atoms with E-state index in [2.05, 4.69) is 0 Å². The topological polar surface area (TPSA) is 77.6 Å². The number of nitrogens with zero attached hydrogens (tertiary/aromatic N) is 2. The Hall–Kier alpha value is -1.98. The number of nitrogens with two attached hydrogens (primary N) is 1. The van der Waals surface area contributed by atoms with E-state index in [0.29, 0.717) is 38.3 Å². The van der Waals surface area contributed by atoms with Gasteiger partial charge in [0.1, 0.15) is 6.61 Å². The van der Waals surface area contributed by atoms with E-state index in [1.165, 1.54) is 6.07 Å². The van der Waals surface area contributed by atoms with Gasteiger partial charge in [-0.2, -0.15) is 0 Å². The van der Waals surface area contributed by atoms with Crippen LogP contribution in [0, 0.1) is 0 Å². The van der Waals surface area contributed by atoms with Crippen LogP contribution in [-0.4, -0.2) is 35.3 Å². The van der Waals surface area contributed by atoms with E-state index < -0.39 is 0 Å². The lowest BCUT2D eigenvalue weighted by molar-refractivity contribution is 0.158. The van der Waals surface area contributed by atoms with Gasteiger partial charge in [-0.1, -0.05) is 0 Å². The maximum Gasteiger partial charge on any atom is 0.409 e. The van der Waals surface area contributed by atoms with Gasteiger partial charge in [-0.15, -0.1) is 0 Å². The molecular weight excluding hydrogens is 222 g/mol. The van der Waals surface area contributed by atoms with Crippen LogP contribution in [0.3, 0.4) is 0 Å². The molecular formula is C11H15N3O3. The molecule has 6 nitrogen and oxygen atoms in total. The molecule has 1 fully saturated rings. The smallest absolute Gasteiger partial charge is 0.409 e. The molecule has 0 atom stereocenters.